The topological polar surface area (TPSA) is 145 Å². The van der Waals surface area contributed by atoms with Gasteiger partial charge in [-0.3, -0.25) is 5.10 Å². The predicted octanol–water partition coefficient (Wildman–Crippen LogP) is 4.20. The number of phenols is 1. The Morgan fingerprint density at radius 1 is 1.12 bits per heavy atom. The molecule has 0 fully saturated rings. The zero-order valence-electron chi connectivity index (χ0n) is 18.6. The quantitative estimate of drug-likeness (QED) is 0.209. The molecule has 0 aliphatic carbocycles. The summed E-state index contributed by atoms with van der Waals surface area (Å²) in [5.74, 6) is 1.99. The van der Waals surface area contributed by atoms with Gasteiger partial charge in [-0.25, -0.2) is 4.98 Å². The van der Waals surface area contributed by atoms with Crippen LogP contribution in [0.2, 0.25) is 0 Å². The van der Waals surface area contributed by atoms with Crippen molar-refractivity contribution in [2.75, 3.05) is 10.6 Å². The summed E-state index contributed by atoms with van der Waals surface area (Å²) in [6, 6.07) is 11.5. The van der Waals surface area contributed by atoms with Gasteiger partial charge in [0.1, 0.15) is 17.8 Å². The minimum absolute atomic E-state index is 0.365. The second kappa shape index (κ2) is 9.76. The molecule has 0 spiro atoms. The van der Waals surface area contributed by atoms with Crippen LogP contribution in [0, 0.1) is 0 Å². The number of benzene rings is 2. The molecule has 4 aromatic rings. The fourth-order valence-electron chi connectivity index (χ4n) is 3.75. The number of nitrogens with two attached hydrogens (primary N) is 1. The smallest absolute Gasteiger partial charge is 0.181 e. The van der Waals surface area contributed by atoms with Crippen LogP contribution in [0.5, 0.6) is 5.75 Å². The molecule has 0 radical (unpaired) electrons. The SMILES string of the molecule is CCc1cc(CNc2[nH]nc(Nc3ccc(-c4cnco4)cc3)c2C(N)O)cc(CC)c1O. The first-order chi connectivity index (χ1) is 16.0. The zero-order chi connectivity index (χ0) is 23.4. The fraction of sp³-hybridized carbons (Fsp3) is 0.250. The van der Waals surface area contributed by atoms with E-state index in [9.17, 15) is 10.2 Å². The van der Waals surface area contributed by atoms with Crippen molar-refractivity contribution in [3.63, 3.8) is 0 Å². The Labute approximate surface area is 191 Å². The molecule has 9 heteroatoms. The molecule has 1 atom stereocenters. The summed E-state index contributed by atoms with van der Waals surface area (Å²) in [5.41, 5.74) is 10.8. The third-order valence-electron chi connectivity index (χ3n) is 5.52. The van der Waals surface area contributed by atoms with E-state index < -0.39 is 6.23 Å². The van der Waals surface area contributed by atoms with Crippen LogP contribution in [-0.2, 0) is 19.4 Å². The first kappa shape index (κ1) is 22.4. The second-order valence-electron chi connectivity index (χ2n) is 7.70. The van der Waals surface area contributed by atoms with Gasteiger partial charge >= 0.3 is 0 Å². The Morgan fingerprint density at radius 3 is 2.39 bits per heavy atom. The Bertz CT molecular complexity index is 1170. The lowest BCUT2D eigenvalue weighted by Crippen LogP contribution is -2.13. The van der Waals surface area contributed by atoms with Crippen LogP contribution < -0.4 is 16.4 Å². The largest absolute Gasteiger partial charge is 0.507 e. The molecule has 0 saturated heterocycles. The van der Waals surface area contributed by atoms with Crippen molar-refractivity contribution in [3.05, 3.63) is 71.2 Å². The van der Waals surface area contributed by atoms with Gasteiger partial charge < -0.3 is 31.0 Å². The molecule has 9 nitrogen and oxygen atoms in total. The highest BCUT2D eigenvalue weighted by molar-refractivity contribution is 5.68. The van der Waals surface area contributed by atoms with Gasteiger partial charge in [-0.2, -0.15) is 5.10 Å². The van der Waals surface area contributed by atoms with Crippen LogP contribution >= 0.6 is 0 Å². The van der Waals surface area contributed by atoms with E-state index in [1.807, 2.05) is 50.2 Å². The van der Waals surface area contributed by atoms with Gasteiger partial charge in [0.25, 0.3) is 0 Å². The molecule has 0 bridgehead atoms. The number of aromatic nitrogens is 3. The van der Waals surface area contributed by atoms with E-state index in [0.717, 1.165) is 40.8 Å². The molecule has 33 heavy (non-hydrogen) atoms. The second-order valence-corrected chi connectivity index (χ2v) is 7.70. The first-order valence-corrected chi connectivity index (χ1v) is 10.9. The third-order valence-corrected chi connectivity index (χ3v) is 5.52. The van der Waals surface area contributed by atoms with Crippen LogP contribution in [0.1, 0.15) is 42.3 Å². The molecule has 2 aromatic heterocycles. The van der Waals surface area contributed by atoms with Crippen molar-refractivity contribution in [2.45, 2.75) is 39.5 Å². The van der Waals surface area contributed by atoms with Crippen LogP contribution in [0.25, 0.3) is 11.3 Å². The van der Waals surface area contributed by atoms with Crippen LogP contribution in [-0.4, -0.2) is 25.4 Å². The molecule has 7 N–H and O–H groups in total. The van der Waals surface area contributed by atoms with E-state index in [1.54, 1.807) is 6.20 Å². The molecule has 4 rings (SSSR count). The number of aryl methyl sites for hydroxylation is 2. The highest BCUT2D eigenvalue weighted by Gasteiger charge is 2.19. The maximum Gasteiger partial charge on any atom is 0.181 e. The number of hydrogen-bond donors (Lipinski definition) is 6. The van der Waals surface area contributed by atoms with Crippen molar-refractivity contribution in [2.24, 2.45) is 5.73 Å². The summed E-state index contributed by atoms with van der Waals surface area (Å²) in [4.78, 5) is 3.93. The number of oxazole rings is 1. The van der Waals surface area contributed by atoms with Gasteiger partial charge in [-0.15, -0.1) is 0 Å². The molecule has 2 heterocycles. The maximum atomic E-state index is 10.3. The van der Waals surface area contributed by atoms with Crippen molar-refractivity contribution in [3.8, 4) is 17.1 Å². The van der Waals surface area contributed by atoms with Crippen molar-refractivity contribution in [1.29, 1.82) is 0 Å². The number of H-pyrrole nitrogens is 1. The molecular weight excluding hydrogens is 420 g/mol. The molecule has 0 amide bonds. The summed E-state index contributed by atoms with van der Waals surface area (Å²) < 4.78 is 5.31. The highest BCUT2D eigenvalue weighted by atomic mass is 16.3. The van der Waals surface area contributed by atoms with Gasteiger partial charge in [0, 0.05) is 17.8 Å². The highest BCUT2D eigenvalue weighted by Crippen LogP contribution is 2.31. The summed E-state index contributed by atoms with van der Waals surface area (Å²) in [6.45, 7) is 4.51. The number of aliphatic hydroxyl groups excluding tert-OH is 1. The van der Waals surface area contributed by atoms with Crippen molar-refractivity contribution in [1.82, 2.24) is 15.2 Å². The maximum absolute atomic E-state index is 10.3. The number of hydrogen-bond acceptors (Lipinski definition) is 8. The number of aromatic amines is 1. The number of aliphatic hydroxyl groups is 1. The minimum Gasteiger partial charge on any atom is -0.507 e. The summed E-state index contributed by atoms with van der Waals surface area (Å²) >= 11 is 0. The number of rotatable bonds is 9. The van der Waals surface area contributed by atoms with Gasteiger partial charge in [-0.05, 0) is 53.8 Å². The third kappa shape index (κ3) is 4.84. The average molecular weight is 449 g/mol. The monoisotopic (exact) mass is 448 g/mol. The Balaban J connectivity index is 1.51. The molecule has 0 saturated carbocycles. The van der Waals surface area contributed by atoms with E-state index in [0.29, 0.717) is 35.3 Å². The number of nitrogens with zero attached hydrogens (tertiary/aromatic N) is 2. The Kier molecular flexibility index (Phi) is 6.62. The standard InChI is InChI=1S/C24H28N6O3/c1-3-15-9-14(10-16(4-2)21(15)31)11-27-23-20(22(25)32)24(30-29-23)28-18-7-5-17(6-8-18)19-12-26-13-33-19/h5-10,12-13,22,31-32H,3-4,11,25H2,1-2H3,(H3,27,28,29,30). The van der Waals surface area contributed by atoms with E-state index in [1.165, 1.54) is 6.39 Å². The van der Waals surface area contributed by atoms with Crippen molar-refractivity contribution < 1.29 is 14.6 Å². The molecular formula is C24H28N6O3. The minimum atomic E-state index is -1.24. The summed E-state index contributed by atoms with van der Waals surface area (Å²) in [6.07, 6.45) is 3.29. The molecule has 1 unspecified atom stereocenters. The first-order valence-electron chi connectivity index (χ1n) is 10.9. The fourth-order valence-corrected chi connectivity index (χ4v) is 3.75. The molecule has 0 aliphatic heterocycles. The van der Waals surface area contributed by atoms with E-state index in [4.69, 9.17) is 10.2 Å². The lowest BCUT2D eigenvalue weighted by Gasteiger charge is -2.14. The Morgan fingerprint density at radius 2 is 1.82 bits per heavy atom. The van der Waals surface area contributed by atoms with Crippen LogP contribution in [0.4, 0.5) is 17.3 Å². The van der Waals surface area contributed by atoms with E-state index in [-0.39, 0.29) is 0 Å². The van der Waals surface area contributed by atoms with E-state index in [2.05, 4.69) is 25.8 Å². The number of nitrogens with one attached hydrogen (secondary N) is 3. The van der Waals surface area contributed by atoms with Gasteiger partial charge in [0.05, 0.1) is 11.8 Å². The van der Waals surface area contributed by atoms with Crippen LogP contribution in [0.15, 0.2) is 53.4 Å². The van der Waals surface area contributed by atoms with E-state index >= 15 is 0 Å². The normalized spacial score (nSPS) is 12.0. The number of aromatic hydroxyl groups is 1. The van der Waals surface area contributed by atoms with Crippen molar-refractivity contribution >= 4 is 17.3 Å². The Hall–Kier alpha value is -3.82. The molecule has 0 aliphatic rings. The van der Waals surface area contributed by atoms with Gasteiger partial charge in [0.2, 0.25) is 0 Å². The zero-order valence-corrected chi connectivity index (χ0v) is 18.6. The summed E-state index contributed by atoms with van der Waals surface area (Å²) in [7, 11) is 0. The predicted molar refractivity (Wildman–Crippen MR) is 127 cm³/mol. The average Bonchev–Trinajstić information content (AvgIpc) is 3.49. The van der Waals surface area contributed by atoms with Crippen LogP contribution in [0.3, 0.4) is 0 Å². The van der Waals surface area contributed by atoms with Gasteiger partial charge in [0.15, 0.2) is 18.0 Å². The lowest BCUT2D eigenvalue weighted by molar-refractivity contribution is 0.187. The summed E-state index contributed by atoms with van der Waals surface area (Å²) in [5, 5.41) is 34.2. The van der Waals surface area contributed by atoms with Gasteiger partial charge in [-0.1, -0.05) is 26.0 Å². The molecule has 172 valence electrons. The lowest BCUT2D eigenvalue weighted by atomic mass is 10.0. The number of phenolic OH excluding ortho intramolecular Hbond substituents is 1. The number of anilines is 3. The molecule has 2 aromatic carbocycles.